The molecule has 10 nitrogen and oxygen atoms in total. The van der Waals surface area contributed by atoms with Crippen LogP contribution in [-0.4, -0.2) is 65.4 Å². The SMILES string of the molecule is CCOP(C)(=O)Cc1ccc(Nc2ncc(C(F)(F)F)c(Nc3ccc(N4CCC(O)C4)c4c3C(=O)N(C)C4)n2)cc1. The largest absolute Gasteiger partial charge is 0.421 e. The maximum atomic E-state index is 14.0. The minimum atomic E-state index is -4.76. The molecule has 3 N–H and O–H groups in total. The molecule has 0 radical (unpaired) electrons. The number of fused-ring (bicyclic) bond motifs is 1. The molecule has 2 atom stereocenters. The third-order valence-electron chi connectivity index (χ3n) is 7.18. The van der Waals surface area contributed by atoms with Crippen LogP contribution in [0.2, 0.25) is 0 Å². The molecule has 3 heterocycles. The summed E-state index contributed by atoms with van der Waals surface area (Å²) in [5, 5.41) is 15.7. The van der Waals surface area contributed by atoms with Crippen molar-refractivity contribution in [1.29, 1.82) is 0 Å². The second-order valence-corrected chi connectivity index (χ2v) is 13.1. The Labute approximate surface area is 241 Å². The molecule has 5 rings (SSSR count). The van der Waals surface area contributed by atoms with Crippen LogP contribution in [0.4, 0.5) is 42.0 Å². The van der Waals surface area contributed by atoms with E-state index in [-0.39, 0.29) is 29.3 Å². The number of aliphatic hydroxyl groups excluding tert-OH is 1. The van der Waals surface area contributed by atoms with E-state index < -0.39 is 31.0 Å². The number of hydrogen-bond acceptors (Lipinski definition) is 9. The maximum Gasteiger partial charge on any atom is 0.421 e. The van der Waals surface area contributed by atoms with Crippen molar-refractivity contribution < 1.29 is 32.2 Å². The molecule has 0 saturated carbocycles. The van der Waals surface area contributed by atoms with Gasteiger partial charge in [0.15, 0.2) is 0 Å². The monoisotopic (exact) mass is 604 g/mol. The first kappa shape index (κ1) is 29.8. The minimum Gasteiger partial charge on any atom is -0.391 e. The third-order valence-corrected chi connectivity index (χ3v) is 8.92. The lowest BCUT2D eigenvalue weighted by molar-refractivity contribution is -0.137. The summed E-state index contributed by atoms with van der Waals surface area (Å²) in [7, 11) is -1.16. The molecule has 14 heteroatoms. The van der Waals surface area contributed by atoms with E-state index in [1.807, 2.05) is 4.90 Å². The van der Waals surface area contributed by atoms with Crippen molar-refractivity contribution in [3.8, 4) is 0 Å². The predicted octanol–water partition coefficient (Wildman–Crippen LogP) is 5.58. The average Bonchev–Trinajstić information content (AvgIpc) is 3.47. The fraction of sp³-hybridized carbons (Fsp3) is 0.393. The molecule has 42 heavy (non-hydrogen) atoms. The molecule has 224 valence electrons. The molecule has 1 saturated heterocycles. The van der Waals surface area contributed by atoms with Crippen LogP contribution in [0.1, 0.15) is 40.4 Å². The van der Waals surface area contributed by atoms with E-state index in [1.165, 1.54) is 4.90 Å². The quantitative estimate of drug-likeness (QED) is 0.269. The van der Waals surface area contributed by atoms with Crippen molar-refractivity contribution in [2.24, 2.45) is 0 Å². The van der Waals surface area contributed by atoms with Gasteiger partial charge >= 0.3 is 6.18 Å². The number of carbonyl (C=O) groups excluding carboxylic acids is 1. The Morgan fingerprint density at radius 3 is 2.55 bits per heavy atom. The number of β-amino-alcohol motifs (C(OH)–C–C–N with tert-alkyl or cyclic N) is 1. The molecular weight excluding hydrogens is 572 g/mol. The number of aromatic nitrogens is 2. The van der Waals surface area contributed by atoms with Gasteiger partial charge in [0.05, 0.1) is 24.0 Å². The number of carbonyl (C=O) groups is 1. The first-order valence-corrected chi connectivity index (χ1v) is 15.7. The van der Waals surface area contributed by atoms with Crippen LogP contribution in [0.5, 0.6) is 0 Å². The van der Waals surface area contributed by atoms with Gasteiger partial charge in [-0.05, 0) is 43.2 Å². The number of halogens is 3. The van der Waals surface area contributed by atoms with Gasteiger partial charge in [-0.1, -0.05) is 12.1 Å². The Hall–Kier alpha value is -3.67. The maximum absolute atomic E-state index is 14.0. The average molecular weight is 605 g/mol. The van der Waals surface area contributed by atoms with Gasteiger partial charge in [-0.15, -0.1) is 0 Å². The van der Waals surface area contributed by atoms with Crippen LogP contribution in [0.3, 0.4) is 0 Å². The number of nitrogens with one attached hydrogen (secondary N) is 2. The van der Waals surface area contributed by atoms with Gasteiger partial charge in [0.25, 0.3) is 5.91 Å². The summed E-state index contributed by atoms with van der Waals surface area (Å²) >= 11 is 0. The van der Waals surface area contributed by atoms with Gasteiger partial charge in [0.2, 0.25) is 13.3 Å². The highest BCUT2D eigenvalue weighted by molar-refractivity contribution is 7.57. The summed E-state index contributed by atoms with van der Waals surface area (Å²) in [4.78, 5) is 24.6. The summed E-state index contributed by atoms with van der Waals surface area (Å²) in [5.74, 6) is -0.915. The van der Waals surface area contributed by atoms with Gasteiger partial charge in [-0.2, -0.15) is 18.2 Å². The smallest absolute Gasteiger partial charge is 0.391 e. The fourth-order valence-corrected chi connectivity index (χ4v) is 6.76. The topological polar surface area (TPSA) is 120 Å². The van der Waals surface area contributed by atoms with Gasteiger partial charge in [0, 0.05) is 62.6 Å². The van der Waals surface area contributed by atoms with Crippen molar-refractivity contribution in [1.82, 2.24) is 14.9 Å². The summed E-state index contributed by atoms with van der Waals surface area (Å²) in [6.07, 6.45) is -3.70. The molecule has 1 amide bonds. The van der Waals surface area contributed by atoms with Crippen LogP contribution >= 0.6 is 7.37 Å². The van der Waals surface area contributed by atoms with Gasteiger partial charge in [0.1, 0.15) is 11.4 Å². The Bertz CT molecular complexity index is 1540. The van der Waals surface area contributed by atoms with Crippen molar-refractivity contribution in [2.75, 3.05) is 48.9 Å². The number of hydrogen-bond donors (Lipinski definition) is 3. The Morgan fingerprint density at radius 2 is 1.90 bits per heavy atom. The Morgan fingerprint density at radius 1 is 1.17 bits per heavy atom. The van der Waals surface area contributed by atoms with Crippen LogP contribution in [0, 0.1) is 0 Å². The Balaban J connectivity index is 1.44. The van der Waals surface area contributed by atoms with Crippen molar-refractivity contribution in [3.05, 3.63) is 64.8 Å². The van der Waals surface area contributed by atoms with Crippen LogP contribution in [0.25, 0.3) is 0 Å². The van der Waals surface area contributed by atoms with Crippen molar-refractivity contribution in [3.63, 3.8) is 0 Å². The molecule has 2 aromatic carbocycles. The number of alkyl halides is 3. The predicted molar refractivity (Wildman–Crippen MR) is 154 cm³/mol. The van der Waals surface area contributed by atoms with E-state index in [1.54, 1.807) is 57.0 Å². The Kier molecular flexibility index (Phi) is 8.19. The number of benzene rings is 2. The van der Waals surface area contributed by atoms with E-state index in [0.29, 0.717) is 50.1 Å². The summed E-state index contributed by atoms with van der Waals surface area (Å²) in [6, 6.07) is 10.2. The van der Waals surface area contributed by atoms with E-state index >= 15 is 0 Å². The molecule has 0 aliphatic carbocycles. The highest BCUT2D eigenvalue weighted by Crippen LogP contribution is 2.46. The van der Waals surface area contributed by atoms with Gasteiger partial charge < -0.3 is 30.1 Å². The molecule has 2 aliphatic heterocycles. The molecule has 1 aromatic heterocycles. The second kappa shape index (κ2) is 11.5. The normalized spacial score (nSPS) is 18.3. The molecular formula is C28H32F3N6O4P. The molecule has 0 spiro atoms. The molecule has 2 aliphatic rings. The van der Waals surface area contributed by atoms with E-state index in [2.05, 4.69) is 20.6 Å². The first-order chi connectivity index (χ1) is 19.8. The number of rotatable bonds is 9. The highest BCUT2D eigenvalue weighted by atomic mass is 31.2. The minimum absolute atomic E-state index is 0.0866. The highest BCUT2D eigenvalue weighted by Gasteiger charge is 2.37. The zero-order chi connectivity index (χ0) is 30.2. The number of anilines is 5. The van der Waals surface area contributed by atoms with Gasteiger partial charge in [-0.25, -0.2) is 4.98 Å². The zero-order valence-electron chi connectivity index (χ0n) is 23.4. The third kappa shape index (κ3) is 6.38. The lowest BCUT2D eigenvalue weighted by Gasteiger charge is -2.22. The number of nitrogens with zero attached hydrogens (tertiary/aromatic N) is 4. The van der Waals surface area contributed by atoms with Crippen LogP contribution in [-0.2, 0) is 28.0 Å². The van der Waals surface area contributed by atoms with Crippen molar-refractivity contribution >= 4 is 42.1 Å². The molecule has 3 aromatic rings. The zero-order valence-corrected chi connectivity index (χ0v) is 24.3. The summed E-state index contributed by atoms with van der Waals surface area (Å²) < 4.78 is 59.7. The lowest BCUT2D eigenvalue weighted by Crippen LogP contribution is -2.22. The first-order valence-electron chi connectivity index (χ1n) is 13.5. The van der Waals surface area contributed by atoms with Gasteiger partial charge in [-0.3, -0.25) is 9.36 Å². The van der Waals surface area contributed by atoms with Crippen LogP contribution in [0.15, 0.2) is 42.6 Å². The number of amides is 1. The lowest BCUT2D eigenvalue weighted by atomic mass is 10.0. The van der Waals surface area contributed by atoms with E-state index in [0.717, 1.165) is 11.3 Å². The fourth-order valence-electron chi connectivity index (χ4n) is 5.25. The van der Waals surface area contributed by atoms with Crippen LogP contribution < -0.4 is 15.5 Å². The second-order valence-electron chi connectivity index (χ2n) is 10.5. The summed E-state index contributed by atoms with van der Waals surface area (Å²) in [5.41, 5.74) is 2.14. The van der Waals surface area contributed by atoms with E-state index in [9.17, 15) is 27.6 Å². The number of aliphatic hydroxyl groups is 1. The molecule has 2 unspecified atom stereocenters. The van der Waals surface area contributed by atoms with E-state index in [4.69, 9.17) is 4.52 Å². The summed E-state index contributed by atoms with van der Waals surface area (Å²) in [6.45, 7) is 5.01. The standard InChI is InChI=1S/C28H32F3N6O4P/c1-4-41-42(3,40)16-17-5-7-18(8-6-17)33-27-32-13-21(28(29,30)31)25(35-27)34-22-9-10-23(37-12-11-19(38)14-37)20-15-36(2)26(39)24(20)22/h5-10,13,19,38H,4,11-12,14-16H2,1-3H3,(H2,32,33,34,35). The van der Waals surface area contributed by atoms with Crippen molar-refractivity contribution in [2.45, 2.75) is 38.3 Å². The molecule has 1 fully saturated rings. The molecule has 0 bridgehead atoms.